The van der Waals surface area contributed by atoms with E-state index in [9.17, 15) is 4.79 Å². The predicted octanol–water partition coefficient (Wildman–Crippen LogP) is 1.24. The minimum Gasteiger partial charge on any atom is -0.379 e. The maximum absolute atomic E-state index is 11.6. The first-order chi connectivity index (χ1) is 8.14. The first kappa shape index (κ1) is 13.0. The molecule has 2 fully saturated rings. The van der Waals surface area contributed by atoms with Crippen molar-refractivity contribution < 1.29 is 14.3 Å². The van der Waals surface area contributed by atoms with Crippen LogP contribution in [0.25, 0.3) is 0 Å². The predicted molar refractivity (Wildman–Crippen MR) is 65.1 cm³/mol. The van der Waals surface area contributed by atoms with Crippen molar-refractivity contribution in [3.8, 4) is 0 Å². The molecule has 2 heterocycles. The van der Waals surface area contributed by atoms with Gasteiger partial charge in [0.15, 0.2) is 0 Å². The summed E-state index contributed by atoms with van der Waals surface area (Å²) in [5.74, 6) is 0. The Balaban J connectivity index is 2.14. The van der Waals surface area contributed by atoms with Crippen LogP contribution >= 0.6 is 0 Å². The van der Waals surface area contributed by atoms with Crippen molar-refractivity contribution in [1.29, 1.82) is 0 Å². The van der Waals surface area contributed by atoms with Gasteiger partial charge in [-0.2, -0.15) is 0 Å². The first-order valence-corrected chi connectivity index (χ1v) is 6.57. The zero-order chi connectivity index (χ0) is 12.4. The van der Waals surface area contributed by atoms with Gasteiger partial charge in [0.1, 0.15) is 6.29 Å². The monoisotopic (exact) mass is 241 g/mol. The quantitative estimate of drug-likeness (QED) is 0.697. The van der Waals surface area contributed by atoms with Crippen LogP contribution in [0.2, 0.25) is 0 Å². The highest BCUT2D eigenvalue weighted by Gasteiger charge is 2.46. The van der Waals surface area contributed by atoms with Crippen LogP contribution in [-0.2, 0) is 14.3 Å². The number of aldehydes is 1. The maximum atomic E-state index is 11.6. The molecule has 0 radical (unpaired) electrons. The van der Waals surface area contributed by atoms with Gasteiger partial charge < -0.3 is 14.3 Å². The lowest BCUT2D eigenvalue weighted by atomic mass is 9.78. The summed E-state index contributed by atoms with van der Waals surface area (Å²) < 4.78 is 11.2. The summed E-state index contributed by atoms with van der Waals surface area (Å²) in [6, 6.07) is 0. The molecule has 0 aromatic rings. The molecule has 0 aromatic carbocycles. The highest BCUT2D eigenvalue weighted by atomic mass is 16.5. The van der Waals surface area contributed by atoms with E-state index in [2.05, 4.69) is 18.7 Å². The van der Waals surface area contributed by atoms with Crippen LogP contribution in [0.1, 0.15) is 33.1 Å². The number of carbonyl (C=O) groups is 1. The van der Waals surface area contributed by atoms with E-state index >= 15 is 0 Å². The van der Waals surface area contributed by atoms with Crippen LogP contribution in [0.5, 0.6) is 0 Å². The van der Waals surface area contributed by atoms with Crippen LogP contribution < -0.4 is 0 Å². The van der Waals surface area contributed by atoms with Crippen LogP contribution in [-0.4, -0.2) is 55.2 Å². The summed E-state index contributed by atoms with van der Waals surface area (Å²) in [5.41, 5.74) is -0.482. The summed E-state index contributed by atoms with van der Waals surface area (Å²) in [6.07, 6.45) is 3.72. The Labute approximate surface area is 103 Å². The summed E-state index contributed by atoms with van der Waals surface area (Å²) in [4.78, 5) is 13.9. The normalized spacial score (nSPS) is 40.1. The largest absolute Gasteiger partial charge is 0.379 e. The molecule has 2 atom stereocenters. The summed E-state index contributed by atoms with van der Waals surface area (Å²) in [5, 5.41) is 0. The Kier molecular flexibility index (Phi) is 3.85. The summed E-state index contributed by atoms with van der Waals surface area (Å²) >= 11 is 0. The molecule has 0 spiro atoms. The molecule has 98 valence electrons. The molecule has 2 aliphatic rings. The van der Waals surface area contributed by atoms with Crippen molar-refractivity contribution in [2.75, 3.05) is 32.9 Å². The van der Waals surface area contributed by atoms with Crippen LogP contribution in [0.4, 0.5) is 0 Å². The average molecular weight is 241 g/mol. The van der Waals surface area contributed by atoms with E-state index < -0.39 is 0 Å². The van der Waals surface area contributed by atoms with Crippen molar-refractivity contribution in [3.63, 3.8) is 0 Å². The lowest BCUT2D eigenvalue weighted by Gasteiger charge is -2.49. The van der Waals surface area contributed by atoms with Crippen molar-refractivity contribution in [3.05, 3.63) is 0 Å². The highest BCUT2D eigenvalue weighted by molar-refractivity contribution is 5.65. The van der Waals surface area contributed by atoms with Crippen molar-refractivity contribution >= 4 is 6.29 Å². The minimum atomic E-state index is -0.327. The van der Waals surface area contributed by atoms with Gasteiger partial charge in [0.05, 0.1) is 24.4 Å². The summed E-state index contributed by atoms with van der Waals surface area (Å²) in [7, 11) is 0. The lowest BCUT2D eigenvalue weighted by molar-refractivity contribution is -0.155. The van der Waals surface area contributed by atoms with E-state index in [0.717, 1.165) is 51.9 Å². The molecule has 0 aromatic heterocycles. The Morgan fingerprint density at radius 2 is 2.00 bits per heavy atom. The number of hydrogen-bond acceptors (Lipinski definition) is 4. The van der Waals surface area contributed by atoms with Gasteiger partial charge in [0.25, 0.3) is 0 Å². The van der Waals surface area contributed by atoms with Crippen LogP contribution in [0, 0.1) is 0 Å². The Morgan fingerprint density at radius 3 is 2.59 bits per heavy atom. The van der Waals surface area contributed by atoms with E-state index in [1.165, 1.54) is 0 Å². The number of hydrogen-bond donors (Lipinski definition) is 0. The molecule has 2 rings (SSSR count). The number of carbonyl (C=O) groups excluding carboxylic acids is 1. The molecule has 0 amide bonds. The van der Waals surface area contributed by atoms with E-state index in [1.807, 2.05) is 0 Å². The Bertz CT molecular complexity index is 278. The van der Waals surface area contributed by atoms with Crippen LogP contribution in [0.3, 0.4) is 0 Å². The molecule has 0 saturated carbocycles. The molecule has 2 unspecified atom stereocenters. The third kappa shape index (κ3) is 2.54. The Morgan fingerprint density at radius 1 is 1.29 bits per heavy atom. The molecule has 0 bridgehead atoms. The molecule has 4 nitrogen and oxygen atoms in total. The van der Waals surface area contributed by atoms with Gasteiger partial charge in [0.2, 0.25) is 0 Å². The molecular weight excluding hydrogens is 218 g/mol. The van der Waals surface area contributed by atoms with Gasteiger partial charge in [-0.25, -0.2) is 0 Å². The van der Waals surface area contributed by atoms with Crippen molar-refractivity contribution in [1.82, 2.24) is 4.90 Å². The van der Waals surface area contributed by atoms with E-state index in [4.69, 9.17) is 9.47 Å². The second-order valence-electron chi connectivity index (χ2n) is 5.40. The lowest BCUT2D eigenvalue weighted by Crippen LogP contribution is -2.60. The molecule has 4 heteroatoms. The molecular formula is C13H23NO3. The molecule has 2 aliphatic heterocycles. The zero-order valence-electron chi connectivity index (χ0n) is 10.9. The molecule has 2 saturated heterocycles. The van der Waals surface area contributed by atoms with Crippen molar-refractivity contribution in [2.24, 2.45) is 0 Å². The van der Waals surface area contributed by atoms with Crippen molar-refractivity contribution in [2.45, 2.75) is 44.2 Å². The number of ether oxygens (including phenoxy) is 2. The SMILES string of the molecule is CCC1(C)CC(C=O)(N2CCOCC2)CCO1. The third-order valence-corrected chi connectivity index (χ3v) is 4.27. The topological polar surface area (TPSA) is 38.8 Å². The Hall–Kier alpha value is -0.450. The van der Waals surface area contributed by atoms with E-state index in [0.29, 0.717) is 6.61 Å². The standard InChI is InChI=1S/C13H23NO3/c1-3-12(2)10-13(11-15,4-7-17-12)14-5-8-16-9-6-14/h11H,3-10H2,1-2H3. The molecule has 17 heavy (non-hydrogen) atoms. The smallest absolute Gasteiger partial charge is 0.140 e. The fourth-order valence-corrected chi connectivity index (χ4v) is 2.94. The fraction of sp³-hybridized carbons (Fsp3) is 0.923. The number of morpholine rings is 1. The van der Waals surface area contributed by atoms with E-state index in [1.54, 1.807) is 0 Å². The zero-order valence-corrected chi connectivity index (χ0v) is 10.9. The van der Waals surface area contributed by atoms with Gasteiger partial charge in [-0.05, 0) is 19.8 Å². The average Bonchev–Trinajstić information content (AvgIpc) is 2.40. The second-order valence-corrected chi connectivity index (χ2v) is 5.40. The fourth-order valence-electron chi connectivity index (χ4n) is 2.94. The molecule has 0 N–H and O–H groups in total. The first-order valence-electron chi connectivity index (χ1n) is 6.57. The van der Waals surface area contributed by atoms with Gasteiger partial charge in [0, 0.05) is 26.1 Å². The van der Waals surface area contributed by atoms with Gasteiger partial charge in [-0.3, -0.25) is 4.90 Å². The second kappa shape index (κ2) is 5.04. The third-order valence-electron chi connectivity index (χ3n) is 4.27. The summed E-state index contributed by atoms with van der Waals surface area (Å²) in [6.45, 7) is 8.11. The number of nitrogens with zero attached hydrogens (tertiary/aromatic N) is 1. The molecule has 0 aliphatic carbocycles. The van der Waals surface area contributed by atoms with Gasteiger partial charge in [-0.15, -0.1) is 0 Å². The van der Waals surface area contributed by atoms with E-state index in [-0.39, 0.29) is 11.1 Å². The number of rotatable bonds is 3. The van der Waals surface area contributed by atoms with Crippen LogP contribution in [0.15, 0.2) is 0 Å². The van der Waals surface area contributed by atoms with Gasteiger partial charge >= 0.3 is 0 Å². The highest BCUT2D eigenvalue weighted by Crippen LogP contribution is 2.37. The minimum absolute atomic E-state index is 0.155. The maximum Gasteiger partial charge on any atom is 0.140 e. The van der Waals surface area contributed by atoms with Gasteiger partial charge in [-0.1, -0.05) is 6.92 Å².